The molecule has 0 radical (unpaired) electrons. The Labute approximate surface area is 164 Å². The summed E-state index contributed by atoms with van der Waals surface area (Å²) in [6.45, 7) is 1.40. The quantitative estimate of drug-likeness (QED) is 0.271. The number of ketones is 1. The standard InChI is InChI=1S/C19H17FN2O7/c1-2-29-19(24)18(22(27)28)16(12-3-7-14(20)8-4-12)11-17(23)13-5-9-15(10-6-13)21(25)26/h3-10,16,18H,2,11H2,1H3/t16-,18-/m1/s1. The highest BCUT2D eigenvalue weighted by Crippen LogP contribution is 2.29. The van der Waals surface area contributed by atoms with Crippen molar-refractivity contribution in [3.8, 4) is 0 Å². The van der Waals surface area contributed by atoms with Crippen LogP contribution in [-0.4, -0.2) is 34.2 Å². The third kappa shape index (κ3) is 5.41. The predicted octanol–water partition coefficient (Wildman–Crippen LogP) is 3.30. The van der Waals surface area contributed by atoms with Crippen LogP contribution in [0.25, 0.3) is 0 Å². The van der Waals surface area contributed by atoms with Gasteiger partial charge in [0, 0.05) is 29.0 Å². The number of carbonyl (C=O) groups excluding carboxylic acids is 2. The van der Waals surface area contributed by atoms with E-state index in [-0.39, 0.29) is 23.4 Å². The van der Waals surface area contributed by atoms with Crippen LogP contribution in [0.3, 0.4) is 0 Å². The lowest BCUT2D eigenvalue weighted by atomic mass is 9.85. The topological polar surface area (TPSA) is 130 Å². The number of nitro benzene ring substituents is 1. The van der Waals surface area contributed by atoms with Gasteiger partial charge in [-0.15, -0.1) is 0 Å². The molecule has 0 saturated carbocycles. The van der Waals surface area contributed by atoms with Crippen molar-refractivity contribution in [3.05, 3.63) is 85.7 Å². The van der Waals surface area contributed by atoms with Crippen LogP contribution in [0.1, 0.15) is 35.2 Å². The van der Waals surface area contributed by atoms with Crippen LogP contribution in [0.15, 0.2) is 48.5 Å². The van der Waals surface area contributed by atoms with Gasteiger partial charge in [0.2, 0.25) is 0 Å². The molecule has 0 heterocycles. The second-order valence-electron chi connectivity index (χ2n) is 6.07. The summed E-state index contributed by atoms with van der Waals surface area (Å²) < 4.78 is 18.1. The van der Waals surface area contributed by atoms with Crippen molar-refractivity contribution in [2.45, 2.75) is 25.3 Å². The molecule has 2 aromatic rings. The highest BCUT2D eigenvalue weighted by molar-refractivity contribution is 5.97. The fourth-order valence-corrected chi connectivity index (χ4v) is 2.83. The normalized spacial score (nSPS) is 12.6. The van der Waals surface area contributed by atoms with Crippen LogP contribution >= 0.6 is 0 Å². The monoisotopic (exact) mass is 404 g/mol. The third-order valence-corrected chi connectivity index (χ3v) is 4.24. The number of hydrogen-bond acceptors (Lipinski definition) is 7. The van der Waals surface area contributed by atoms with Crippen LogP contribution in [-0.2, 0) is 9.53 Å². The highest BCUT2D eigenvalue weighted by Gasteiger charge is 2.42. The van der Waals surface area contributed by atoms with Crippen molar-refractivity contribution in [3.63, 3.8) is 0 Å². The molecular formula is C19H17FN2O7. The molecule has 0 unspecified atom stereocenters. The Morgan fingerprint density at radius 2 is 1.62 bits per heavy atom. The van der Waals surface area contributed by atoms with Gasteiger partial charge in [-0.2, -0.15) is 0 Å². The summed E-state index contributed by atoms with van der Waals surface area (Å²) in [4.78, 5) is 45.7. The van der Waals surface area contributed by atoms with Gasteiger partial charge in [-0.05, 0) is 36.8 Å². The zero-order chi connectivity index (χ0) is 21.6. The fourth-order valence-electron chi connectivity index (χ4n) is 2.83. The van der Waals surface area contributed by atoms with Gasteiger partial charge >= 0.3 is 12.0 Å². The molecule has 0 amide bonds. The highest BCUT2D eigenvalue weighted by atomic mass is 19.1. The molecule has 0 N–H and O–H groups in total. The molecule has 0 aliphatic heterocycles. The SMILES string of the molecule is CCOC(=O)[C@@H]([C@H](CC(=O)c1ccc([N+](=O)[O-])cc1)c1ccc(F)cc1)[N+](=O)[O-]. The lowest BCUT2D eigenvalue weighted by Crippen LogP contribution is -2.38. The van der Waals surface area contributed by atoms with Crippen LogP contribution in [0.5, 0.6) is 0 Å². The van der Waals surface area contributed by atoms with Gasteiger partial charge in [-0.25, -0.2) is 9.18 Å². The van der Waals surface area contributed by atoms with E-state index in [1.165, 1.54) is 31.2 Å². The molecule has 2 rings (SSSR count). The predicted molar refractivity (Wildman–Crippen MR) is 98.6 cm³/mol. The average molecular weight is 404 g/mol. The summed E-state index contributed by atoms with van der Waals surface area (Å²) in [5.74, 6) is -3.47. The Bertz CT molecular complexity index is 913. The van der Waals surface area contributed by atoms with Crippen LogP contribution in [0.4, 0.5) is 10.1 Å². The maximum Gasteiger partial charge on any atom is 0.382 e. The smallest absolute Gasteiger partial charge is 0.382 e. The zero-order valence-electron chi connectivity index (χ0n) is 15.3. The summed E-state index contributed by atoms with van der Waals surface area (Å²) >= 11 is 0. The van der Waals surface area contributed by atoms with Gasteiger partial charge in [0.05, 0.1) is 17.4 Å². The molecular weight excluding hydrogens is 387 g/mol. The first-order chi connectivity index (χ1) is 13.7. The van der Waals surface area contributed by atoms with Gasteiger partial charge in [0.15, 0.2) is 5.78 Å². The number of carbonyl (C=O) groups is 2. The largest absolute Gasteiger partial charge is 0.461 e. The summed E-state index contributed by atoms with van der Waals surface area (Å²) in [7, 11) is 0. The summed E-state index contributed by atoms with van der Waals surface area (Å²) in [5.41, 5.74) is 0.0939. The van der Waals surface area contributed by atoms with E-state index in [0.29, 0.717) is 0 Å². The molecule has 0 aromatic heterocycles. The van der Waals surface area contributed by atoms with Crippen LogP contribution in [0, 0.1) is 26.0 Å². The molecule has 0 saturated heterocycles. The molecule has 0 aliphatic carbocycles. The first kappa shape index (κ1) is 21.6. The number of hydrogen-bond donors (Lipinski definition) is 0. The first-order valence-electron chi connectivity index (χ1n) is 8.57. The third-order valence-electron chi connectivity index (χ3n) is 4.24. The molecule has 0 fully saturated rings. The van der Waals surface area contributed by atoms with Crippen molar-refractivity contribution in [1.29, 1.82) is 0 Å². The van der Waals surface area contributed by atoms with Crippen LogP contribution < -0.4 is 0 Å². The van der Waals surface area contributed by atoms with Crippen molar-refractivity contribution in [2.24, 2.45) is 0 Å². The number of Topliss-reactive ketones (excluding diaryl/α,β-unsaturated/α-hetero) is 1. The maximum atomic E-state index is 13.3. The number of nitrogens with zero attached hydrogens (tertiary/aromatic N) is 2. The molecule has 152 valence electrons. The summed E-state index contributed by atoms with van der Waals surface area (Å²) in [6.07, 6.45) is -0.450. The lowest BCUT2D eigenvalue weighted by molar-refractivity contribution is -0.514. The maximum absolute atomic E-state index is 13.3. The van der Waals surface area contributed by atoms with Gasteiger partial charge in [-0.3, -0.25) is 25.0 Å². The number of halogens is 1. The number of esters is 1. The van der Waals surface area contributed by atoms with E-state index in [1.807, 2.05) is 0 Å². The van der Waals surface area contributed by atoms with Crippen molar-refractivity contribution < 1.29 is 28.6 Å². The lowest BCUT2D eigenvalue weighted by Gasteiger charge is -2.20. The minimum absolute atomic E-state index is 0.0877. The number of non-ortho nitro benzene ring substituents is 1. The van der Waals surface area contributed by atoms with E-state index in [9.17, 15) is 34.2 Å². The Hall–Kier alpha value is -3.69. The van der Waals surface area contributed by atoms with Crippen molar-refractivity contribution >= 4 is 17.4 Å². The number of benzene rings is 2. The Morgan fingerprint density at radius 1 is 1.03 bits per heavy atom. The van der Waals surface area contributed by atoms with Gasteiger partial charge in [0.1, 0.15) is 5.82 Å². The zero-order valence-corrected chi connectivity index (χ0v) is 15.3. The van der Waals surface area contributed by atoms with E-state index >= 15 is 0 Å². The Morgan fingerprint density at radius 3 is 2.10 bits per heavy atom. The molecule has 10 heteroatoms. The summed E-state index contributed by atoms with van der Waals surface area (Å²) in [6, 6.07) is 7.52. The molecule has 0 bridgehead atoms. The number of ether oxygens (including phenoxy) is 1. The minimum atomic E-state index is -1.87. The Kier molecular flexibility index (Phi) is 7.07. The Balaban J connectivity index is 2.39. The molecule has 29 heavy (non-hydrogen) atoms. The number of nitro groups is 2. The molecule has 9 nitrogen and oxygen atoms in total. The van der Waals surface area contributed by atoms with Crippen LogP contribution in [0.2, 0.25) is 0 Å². The second kappa shape index (κ2) is 9.49. The fraction of sp³-hybridized carbons (Fsp3) is 0.263. The molecule has 0 spiro atoms. The van der Waals surface area contributed by atoms with E-state index in [2.05, 4.69) is 0 Å². The minimum Gasteiger partial charge on any atom is -0.461 e. The second-order valence-corrected chi connectivity index (χ2v) is 6.07. The van der Waals surface area contributed by atoms with Crippen molar-refractivity contribution in [1.82, 2.24) is 0 Å². The van der Waals surface area contributed by atoms with E-state index < -0.39 is 45.8 Å². The molecule has 2 atom stereocenters. The van der Waals surface area contributed by atoms with E-state index in [1.54, 1.807) is 0 Å². The average Bonchev–Trinajstić information content (AvgIpc) is 2.68. The van der Waals surface area contributed by atoms with E-state index in [0.717, 1.165) is 24.3 Å². The van der Waals surface area contributed by atoms with Crippen molar-refractivity contribution in [2.75, 3.05) is 6.61 Å². The van der Waals surface area contributed by atoms with Gasteiger partial charge in [0.25, 0.3) is 5.69 Å². The van der Waals surface area contributed by atoms with Gasteiger partial charge in [-0.1, -0.05) is 12.1 Å². The molecule has 2 aromatic carbocycles. The summed E-state index contributed by atoms with van der Waals surface area (Å²) in [5, 5.41) is 22.3. The van der Waals surface area contributed by atoms with E-state index in [4.69, 9.17) is 4.74 Å². The number of rotatable bonds is 9. The van der Waals surface area contributed by atoms with Gasteiger partial charge < -0.3 is 4.74 Å². The molecule has 0 aliphatic rings. The first-order valence-corrected chi connectivity index (χ1v) is 8.57.